The second-order valence-corrected chi connectivity index (χ2v) is 10.5. The van der Waals surface area contributed by atoms with E-state index < -0.39 is 0 Å². The monoisotopic (exact) mass is 489 g/mol. The maximum atomic E-state index is 6.46. The highest BCUT2D eigenvalue weighted by Gasteiger charge is 2.35. The topological polar surface area (TPSA) is 51.8 Å². The van der Waals surface area contributed by atoms with Crippen LogP contribution in [-0.4, -0.2) is 15.0 Å². The highest BCUT2D eigenvalue weighted by Crippen LogP contribution is 2.50. The summed E-state index contributed by atoms with van der Waals surface area (Å²) >= 11 is 0. The molecule has 8 rings (SSSR count). The van der Waals surface area contributed by atoms with Crippen molar-refractivity contribution in [2.45, 2.75) is 19.3 Å². The lowest BCUT2D eigenvalue weighted by molar-refractivity contribution is 0.658. The van der Waals surface area contributed by atoms with Gasteiger partial charge in [-0.05, 0) is 64.7 Å². The third kappa shape index (κ3) is 2.94. The van der Waals surface area contributed by atoms with Gasteiger partial charge in [0.2, 0.25) is 0 Å². The maximum Gasteiger partial charge on any atom is 0.160 e. The quantitative estimate of drug-likeness (QED) is 0.244. The normalized spacial score (nSPS) is 13.7. The Hall–Kier alpha value is -4.83. The number of hydrogen-bond acceptors (Lipinski definition) is 4. The van der Waals surface area contributed by atoms with Gasteiger partial charge < -0.3 is 4.42 Å². The summed E-state index contributed by atoms with van der Waals surface area (Å²) in [5.41, 5.74) is 10.4. The molecule has 3 heterocycles. The number of pyridine rings is 1. The van der Waals surface area contributed by atoms with Crippen LogP contribution < -0.4 is 0 Å². The van der Waals surface area contributed by atoms with E-state index in [4.69, 9.17) is 14.4 Å². The van der Waals surface area contributed by atoms with Crippen molar-refractivity contribution in [1.82, 2.24) is 15.0 Å². The van der Waals surface area contributed by atoms with Crippen LogP contribution in [0.5, 0.6) is 0 Å². The lowest BCUT2D eigenvalue weighted by Crippen LogP contribution is -2.14. The summed E-state index contributed by atoms with van der Waals surface area (Å²) in [6, 6.07) is 33.5. The largest absolute Gasteiger partial charge is 0.456 e. The van der Waals surface area contributed by atoms with Crippen LogP contribution in [0, 0.1) is 0 Å². The molecule has 0 spiro atoms. The fourth-order valence-corrected chi connectivity index (χ4v) is 6.01. The minimum Gasteiger partial charge on any atom is -0.456 e. The summed E-state index contributed by atoms with van der Waals surface area (Å²) in [6.45, 7) is 4.61. The first-order chi connectivity index (χ1) is 18.6. The molecule has 4 nitrogen and oxygen atoms in total. The van der Waals surface area contributed by atoms with E-state index in [-0.39, 0.29) is 5.41 Å². The SMILES string of the molecule is CC1(C)c2ccccc2-c2cc3oc4cc(-c5nc(-c6ccccn6)c6ccccc6n5)ccc4c3cc21. The molecule has 1 aliphatic rings. The Morgan fingerprint density at radius 2 is 1.45 bits per heavy atom. The van der Waals surface area contributed by atoms with Crippen LogP contribution in [-0.2, 0) is 5.41 Å². The van der Waals surface area contributed by atoms with E-state index in [0.29, 0.717) is 5.82 Å². The number of furan rings is 1. The van der Waals surface area contributed by atoms with Gasteiger partial charge in [0.05, 0.1) is 11.2 Å². The van der Waals surface area contributed by atoms with Crippen LogP contribution in [0.25, 0.3) is 66.7 Å². The average molecular weight is 490 g/mol. The van der Waals surface area contributed by atoms with Gasteiger partial charge in [-0.2, -0.15) is 0 Å². The Bertz CT molecular complexity index is 2050. The molecule has 0 bridgehead atoms. The molecule has 4 aromatic carbocycles. The van der Waals surface area contributed by atoms with Gasteiger partial charge in [-0.3, -0.25) is 4.98 Å². The standard InChI is InChI=1S/C34H23N3O/c1-34(2)26-11-5-3-9-21(26)24-19-31-25(18-27(24)34)22-15-14-20(17-30(22)38-31)33-36-28-12-6-4-10-23(28)32(37-33)29-13-7-8-16-35-29/h3-19H,1-2H3. The lowest BCUT2D eigenvalue weighted by Gasteiger charge is -2.21. The van der Waals surface area contributed by atoms with Crippen molar-refractivity contribution >= 4 is 32.8 Å². The lowest BCUT2D eigenvalue weighted by atomic mass is 9.82. The maximum absolute atomic E-state index is 6.46. The molecule has 0 amide bonds. The van der Waals surface area contributed by atoms with E-state index in [1.165, 1.54) is 22.3 Å². The first-order valence-electron chi connectivity index (χ1n) is 12.9. The second-order valence-electron chi connectivity index (χ2n) is 10.5. The zero-order chi connectivity index (χ0) is 25.4. The summed E-state index contributed by atoms with van der Waals surface area (Å²) in [5, 5.41) is 3.22. The van der Waals surface area contributed by atoms with E-state index in [2.05, 4.69) is 73.4 Å². The zero-order valence-corrected chi connectivity index (χ0v) is 21.1. The van der Waals surface area contributed by atoms with E-state index in [9.17, 15) is 0 Å². The first kappa shape index (κ1) is 21.3. The predicted molar refractivity (Wildman–Crippen MR) is 153 cm³/mol. The Labute approximate surface area is 219 Å². The molecule has 0 saturated heterocycles. The number of nitrogens with zero attached hydrogens (tertiary/aromatic N) is 3. The van der Waals surface area contributed by atoms with Crippen LogP contribution in [0.4, 0.5) is 0 Å². The van der Waals surface area contributed by atoms with Gasteiger partial charge in [0, 0.05) is 33.3 Å². The number of para-hydroxylation sites is 1. The van der Waals surface area contributed by atoms with Crippen LogP contribution in [0.1, 0.15) is 25.0 Å². The molecule has 7 aromatic rings. The molecule has 0 saturated carbocycles. The van der Waals surface area contributed by atoms with Crippen molar-refractivity contribution in [3.63, 3.8) is 0 Å². The number of aromatic nitrogens is 3. The smallest absolute Gasteiger partial charge is 0.160 e. The number of fused-ring (bicyclic) bond motifs is 7. The van der Waals surface area contributed by atoms with Gasteiger partial charge in [-0.15, -0.1) is 0 Å². The highest BCUT2D eigenvalue weighted by molar-refractivity contribution is 6.08. The van der Waals surface area contributed by atoms with Gasteiger partial charge in [0.1, 0.15) is 16.9 Å². The van der Waals surface area contributed by atoms with Crippen molar-refractivity contribution in [2.24, 2.45) is 0 Å². The predicted octanol–water partition coefficient (Wildman–Crippen LogP) is 8.56. The summed E-state index contributed by atoms with van der Waals surface area (Å²) in [5.74, 6) is 0.657. The average Bonchev–Trinajstić information content (AvgIpc) is 3.43. The van der Waals surface area contributed by atoms with Crippen molar-refractivity contribution in [2.75, 3.05) is 0 Å². The Morgan fingerprint density at radius 3 is 2.34 bits per heavy atom. The summed E-state index contributed by atoms with van der Waals surface area (Å²) in [7, 11) is 0. The van der Waals surface area contributed by atoms with Crippen LogP contribution in [0.3, 0.4) is 0 Å². The molecule has 0 aliphatic heterocycles. The minimum atomic E-state index is -0.0511. The van der Waals surface area contributed by atoms with Crippen molar-refractivity contribution < 1.29 is 4.42 Å². The van der Waals surface area contributed by atoms with Gasteiger partial charge >= 0.3 is 0 Å². The van der Waals surface area contributed by atoms with E-state index >= 15 is 0 Å². The molecule has 3 aromatic heterocycles. The van der Waals surface area contributed by atoms with Gasteiger partial charge in [0.25, 0.3) is 0 Å². The molecule has 4 heteroatoms. The molecule has 0 N–H and O–H groups in total. The molecule has 0 radical (unpaired) electrons. The van der Waals surface area contributed by atoms with Crippen molar-refractivity contribution in [1.29, 1.82) is 0 Å². The fourth-order valence-electron chi connectivity index (χ4n) is 6.01. The molecule has 38 heavy (non-hydrogen) atoms. The molecule has 0 fully saturated rings. The summed E-state index contributed by atoms with van der Waals surface area (Å²) in [4.78, 5) is 14.4. The summed E-state index contributed by atoms with van der Waals surface area (Å²) in [6.07, 6.45) is 1.80. The van der Waals surface area contributed by atoms with Gasteiger partial charge in [0.15, 0.2) is 5.82 Å². The first-order valence-corrected chi connectivity index (χ1v) is 12.9. The molecule has 0 atom stereocenters. The van der Waals surface area contributed by atoms with E-state index in [0.717, 1.165) is 49.8 Å². The molecular formula is C34H23N3O. The fraction of sp³-hybridized carbons (Fsp3) is 0.0882. The van der Waals surface area contributed by atoms with Crippen LogP contribution >= 0.6 is 0 Å². The third-order valence-corrected chi connectivity index (χ3v) is 7.94. The van der Waals surface area contributed by atoms with Crippen molar-refractivity contribution in [3.05, 3.63) is 114 Å². The number of hydrogen-bond donors (Lipinski definition) is 0. The van der Waals surface area contributed by atoms with E-state index in [1.807, 2.05) is 42.5 Å². The van der Waals surface area contributed by atoms with E-state index in [1.54, 1.807) is 6.20 Å². The summed E-state index contributed by atoms with van der Waals surface area (Å²) < 4.78 is 6.46. The Kier molecular flexibility index (Phi) is 4.25. The molecular weight excluding hydrogens is 466 g/mol. The highest BCUT2D eigenvalue weighted by atomic mass is 16.3. The Morgan fingerprint density at radius 1 is 0.632 bits per heavy atom. The minimum absolute atomic E-state index is 0.0511. The number of benzene rings is 4. The Balaban J connectivity index is 1.32. The van der Waals surface area contributed by atoms with Crippen molar-refractivity contribution in [3.8, 4) is 33.9 Å². The third-order valence-electron chi connectivity index (χ3n) is 7.94. The van der Waals surface area contributed by atoms with Crippen LogP contribution in [0.15, 0.2) is 108 Å². The van der Waals surface area contributed by atoms with Gasteiger partial charge in [-0.1, -0.05) is 68.4 Å². The van der Waals surface area contributed by atoms with Gasteiger partial charge in [-0.25, -0.2) is 9.97 Å². The zero-order valence-electron chi connectivity index (χ0n) is 21.1. The number of rotatable bonds is 2. The molecule has 180 valence electrons. The van der Waals surface area contributed by atoms with Crippen LogP contribution in [0.2, 0.25) is 0 Å². The molecule has 1 aliphatic carbocycles. The molecule has 0 unspecified atom stereocenters. The second kappa shape index (κ2) is 7.59.